The number of halogens is 2. The van der Waals surface area contributed by atoms with Crippen LogP contribution in [0.2, 0.25) is 10.0 Å². The fraction of sp³-hybridized carbons (Fsp3) is 0.294. The number of nitrogens with one attached hydrogen (secondary N) is 1. The number of hydrogen-bond donors (Lipinski definition) is 1. The van der Waals surface area contributed by atoms with Crippen molar-refractivity contribution in [2.75, 3.05) is 12.4 Å². The highest BCUT2D eigenvalue weighted by molar-refractivity contribution is 7.16. The van der Waals surface area contributed by atoms with Crippen LogP contribution in [0.15, 0.2) is 71.7 Å². The molecule has 1 aliphatic rings. The van der Waals surface area contributed by atoms with Gasteiger partial charge < -0.3 is 14.8 Å². The van der Waals surface area contributed by atoms with Gasteiger partial charge in [-0.1, -0.05) is 74.3 Å². The lowest BCUT2D eigenvalue weighted by atomic mass is 9.72. The standard InChI is InChI=1S/C34H34Cl2N2O3S/c1-34(2,3)23-10-15-26-29(18-23)42-33(30(26)32(39)38-25-13-11-24(35)12-14-25)37-19-22-16-27(36)31(28(17-22)40-4)41-20-21-8-6-5-7-9-21/h5-9,11-14,16-17,19,23H,10,15,18,20H2,1-4H3,(H,38,39)/t23-/m1/s1. The molecule has 1 aliphatic carbocycles. The quantitative estimate of drug-likeness (QED) is 0.199. The minimum Gasteiger partial charge on any atom is -0.493 e. The van der Waals surface area contributed by atoms with Crippen molar-refractivity contribution in [2.24, 2.45) is 16.3 Å². The molecular formula is C34H34Cl2N2O3S. The first-order valence-corrected chi connectivity index (χ1v) is 15.5. The third kappa shape index (κ3) is 7.00. The maximum atomic E-state index is 13.7. The SMILES string of the molecule is COc1cc(C=Nc2sc3c(c2C(=O)Nc2ccc(Cl)cc2)CC[C@@H](C(C)(C)C)C3)cc(Cl)c1OCc1ccccc1. The van der Waals surface area contributed by atoms with E-state index in [4.69, 9.17) is 37.7 Å². The highest BCUT2D eigenvalue weighted by Crippen LogP contribution is 2.45. The molecule has 0 saturated carbocycles. The molecule has 0 saturated heterocycles. The van der Waals surface area contributed by atoms with E-state index in [1.165, 1.54) is 4.88 Å². The summed E-state index contributed by atoms with van der Waals surface area (Å²) in [7, 11) is 1.58. The zero-order valence-corrected chi connectivity index (χ0v) is 26.5. The monoisotopic (exact) mass is 620 g/mol. The number of amides is 1. The van der Waals surface area contributed by atoms with E-state index < -0.39 is 0 Å². The Morgan fingerprint density at radius 1 is 1.10 bits per heavy atom. The summed E-state index contributed by atoms with van der Waals surface area (Å²) in [6, 6.07) is 20.6. The zero-order chi connectivity index (χ0) is 29.9. The number of benzene rings is 3. The summed E-state index contributed by atoms with van der Waals surface area (Å²) in [5.41, 5.74) is 4.38. The summed E-state index contributed by atoms with van der Waals surface area (Å²) < 4.78 is 11.6. The Kier molecular flexibility index (Phi) is 9.26. The molecule has 1 aromatic heterocycles. The average Bonchev–Trinajstić information content (AvgIpc) is 3.34. The van der Waals surface area contributed by atoms with Crippen molar-refractivity contribution in [2.45, 2.75) is 46.6 Å². The largest absolute Gasteiger partial charge is 0.493 e. The molecule has 1 atom stereocenters. The number of nitrogens with zero attached hydrogens (tertiary/aromatic N) is 1. The molecule has 0 aliphatic heterocycles. The minimum atomic E-state index is -0.170. The van der Waals surface area contributed by atoms with Gasteiger partial charge in [0.25, 0.3) is 5.91 Å². The summed E-state index contributed by atoms with van der Waals surface area (Å²) in [5, 5.41) is 4.76. The Hall–Kier alpha value is -3.32. The molecule has 1 N–H and O–H groups in total. The first kappa shape index (κ1) is 30.1. The smallest absolute Gasteiger partial charge is 0.259 e. The Morgan fingerprint density at radius 3 is 2.52 bits per heavy atom. The van der Waals surface area contributed by atoms with E-state index in [1.807, 2.05) is 36.4 Å². The lowest BCUT2D eigenvalue weighted by Crippen LogP contribution is -2.27. The maximum Gasteiger partial charge on any atom is 0.259 e. The molecule has 0 unspecified atom stereocenters. The Labute approximate surface area is 261 Å². The lowest BCUT2D eigenvalue weighted by Gasteiger charge is -2.33. The van der Waals surface area contributed by atoms with E-state index in [-0.39, 0.29) is 11.3 Å². The van der Waals surface area contributed by atoms with Crippen molar-refractivity contribution in [1.29, 1.82) is 0 Å². The van der Waals surface area contributed by atoms with Gasteiger partial charge in [0.1, 0.15) is 11.6 Å². The van der Waals surface area contributed by atoms with Crippen LogP contribution in [0.25, 0.3) is 0 Å². The molecule has 0 spiro atoms. The number of aliphatic imine (C=N–C) groups is 1. The Bertz CT molecular complexity index is 1590. The van der Waals surface area contributed by atoms with Gasteiger partial charge in [-0.15, -0.1) is 11.3 Å². The molecule has 5 nitrogen and oxygen atoms in total. The predicted octanol–water partition coefficient (Wildman–Crippen LogP) is 9.80. The fourth-order valence-electron chi connectivity index (χ4n) is 5.18. The van der Waals surface area contributed by atoms with E-state index in [2.05, 4.69) is 26.1 Å². The van der Waals surface area contributed by atoms with Crippen molar-refractivity contribution in [3.63, 3.8) is 0 Å². The van der Waals surface area contributed by atoms with Crippen molar-refractivity contribution in [3.8, 4) is 11.5 Å². The first-order chi connectivity index (χ1) is 20.1. The highest BCUT2D eigenvalue weighted by Gasteiger charge is 2.33. The Balaban J connectivity index is 1.45. The van der Waals surface area contributed by atoms with Gasteiger partial charge in [0.15, 0.2) is 11.5 Å². The molecule has 218 valence electrons. The second-order valence-corrected chi connectivity index (χ2v) is 13.4. The number of methoxy groups -OCH3 is 1. The summed E-state index contributed by atoms with van der Waals surface area (Å²) >= 11 is 14.3. The van der Waals surface area contributed by atoms with Crippen molar-refractivity contribution in [3.05, 3.63) is 104 Å². The van der Waals surface area contributed by atoms with Crippen LogP contribution in [0, 0.1) is 11.3 Å². The van der Waals surface area contributed by atoms with Crippen LogP contribution < -0.4 is 14.8 Å². The van der Waals surface area contributed by atoms with E-state index in [1.54, 1.807) is 55.0 Å². The fourth-order valence-corrected chi connectivity index (χ4v) is 6.85. The lowest BCUT2D eigenvalue weighted by molar-refractivity contribution is 0.102. The van der Waals surface area contributed by atoms with Gasteiger partial charge >= 0.3 is 0 Å². The van der Waals surface area contributed by atoms with E-state index in [0.717, 1.165) is 36.0 Å². The molecule has 0 fully saturated rings. The third-order valence-electron chi connectivity index (χ3n) is 7.61. The average molecular weight is 622 g/mol. The number of rotatable bonds is 8. The number of carbonyl (C=O) groups is 1. The van der Waals surface area contributed by atoms with Gasteiger partial charge in [0.2, 0.25) is 0 Å². The van der Waals surface area contributed by atoms with Gasteiger partial charge in [0.05, 0.1) is 17.7 Å². The molecule has 5 rings (SSSR count). The molecule has 1 amide bonds. The van der Waals surface area contributed by atoms with Gasteiger partial charge in [0, 0.05) is 21.8 Å². The van der Waals surface area contributed by atoms with Crippen molar-refractivity contribution < 1.29 is 14.3 Å². The van der Waals surface area contributed by atoms with Crippen LogP contribution in [0.1, 0.15) is 59.1 Å². The van der Waals surface area contributed by atoms with Crippen LogP contribution in [0.4, 0.5) is 10.7 Å². The normalized spacial score (nSPS) is 15.0. The van der Waals surface area contributed by atoms with Crippen LogP contribution in [-0.2, 0) is 19.4 Å². The summed E-state index contributed by atoms with van der Waals surface area (Å²) in [6.07, 6.45) is 4.55. The van der Waals surface area contributed by atoms with Gasteiger partial charge in [-0.05, 0) is 83.7 Å². The molecule has 1 heterocycles. The van der Waals surface area contributed by atoms with Gasteiger partial charge in [-0.2, -0.15) is 0 Å². The molecule has 0 radical (unpaired) electrons. The number of ether oxygens (including phenoxy) is 2. The van der Waals surface area contributed by atoms with Gasteiger partial charge in [-0.3, -0.25) is 4.79 Å². The number of anilines is 1. The van der Waals surface area contributed by atoms with Crippen molar-refractivity contribution in [1.82, 2.24) is 0 Å². The molecule has 42 heavy (non-hydrogen) atoms. The topological polar surface area (TPSA) is 59.9 Å². The summed E-state index contributed by atoms with van der Waals surface area (Å²) in [4.78, 5) is 19.7. The molecular weight excluding hydrogens is 587 g/mol. The maximum absolute atomic E-state index is 13.7. The van der Waals surface area contributed by atoms with E-state index >= 15 is 0 Å². The van der Waals surface area contributed by atoms with Crippen molar-refractivity contribution >= 4 is 57.3 Å². The van der Waals surface area contributed by atoms with E-state index in [9.17, 15) is 4.79 Å². The van der Waals surface area contributed by atoms with Crippen LogP contribution in [0.3, 0.4) is 0 Å². The molecule has 8 heteroatoms. The molecule has 4 aromatic rings. The van der Waals surface area contributed by atoms with Gasteiger partial charge in [-0.25, -0.2) is 4.99 Å². The summed E-state index contributed by atoms with van der Waals surface area (Å²) in [6.45, 7) is 7.22. The zero-order valence-electron chi connectivity index (χ0n) is 24.2. The minimum absolute atomic E-state index is 0.170. The third-order valence-corrected chi connectivity index (χ3v) is 9.30. The first-order valence-electron chi connectivity index (χ1n) is 13.9. The number of thiophene rings is 1. The second-order valence-electron chi connectivity index (χ2n) is 11.5. The van der Waals surface area contributed by atoms with Crippen LogP contribution in [0.5, 0.6) is 11.5 Å². The number of fused-ring (bicyclic) bond motifs is 1. The number of carbonyl (C=O) groups excluding carboxylic acids is 1. The second kappa shape index (κ2) is 12.9. The molecule has 3 aromatic carbocycles. The number of hydrogen-bond acceptors (Lipinski definition) is 5. The van der Waals surface area contributed by atoms with Crippen LogP contribution >= 0.6 is 34.5 Å². The summed E-state index contributed by atoms with van der Waals surface area (Å²) in [5.74, 6) is 1.36. The van der Waals surface area contributed by atoms with Crippen LogP contribution in [-0.4, -0.2) is 19.2 Å². The molecule has 0 bridgehead atoms. The Morgan fingerprint density at radius 2 is 1.83 bits per heavy atom. The van der Waals surface area contributed by atoms with E-state index in [0.29, 0.717) is 50.3 Å². The predicted molar refractivity (Wildman–Crippen MR) is 175 cm³/mol. The highest BCUT2D eigenvalue weighted by atomic mass is 35.5.